The zero-order chi connectivity index (χ0) is 29.4. The number of alkyl halides is 3. The predicted octanol–water partition coefficient (Wildman–Crippen LogP) is 5.64. The Hall–Kier alpha value is -3.05. The number of carbonyl (C=O) groups excluding carboxylic acids is 1. The summed E-state index contributed by atoms with van der Waals surface area (Å²) in [6, 6.07) is 7.97. The van der Waals surface area contributed by atoms with Crippen LogP contribution in [0.15, 0.2) is 36.4 Å². The smallest absolute Gasteiger partial charge is 0.416 e. The number of piperidine rings is 1. The topological polar surface area (TPSA) is 66.1 Å². The molecule has 1 aliphatic carbocycles. The maximum atomic E-state index is 13.9. The first-order chi connectivity index (χ1) is 19.5. The van der Waals surface area contributed by atoms with Gasteiger partial charge in [-0.3, -0.25) is 4.90 Å². The number of urea groups is 1. The van der Waals surface area contributed by atoms with Crippen molar-refractivity contribution in [2.75, 3.05) is 46.2 Å². The van der Waals surface area contributed by atoms with E-state index in [1.807, 2.05) is 6.07 Å². The minimum absolute atomic E-state index is 0.123. The Bertz CT molecular complexity index is 1250. The van der Waals surface area contributed by atoms with Crippen molar-refractivity contribution >= 4 is 11.7 Å². The van der Waals surface area contributed by atoms with Gasteiger partial charge in [-0.15, -0.1) is 0 Å². The lowest BCUT2D eigenvalue weighted by Gasteiger charge is -2.48. The molecule has 3 atom stereocenters. The van der Waals surface area contributed by atoms with Crippen LogP contribution in [0.25, 0.3) is 0 Å². The Kier molecular flexibility index (Phi) is 8.39. The van der Waals surface area contributed by atoms with E-state index in [2.05, 4.69) is 39.6 Å². The van der Waals surface area contributed by atoms with Crippen molar-refractivity contribution < 1.29 is 31.8 Å². The van der Waals surface area contributed by atoms with Gasteiger partial charge in [-0.1, -0.05) is 6.07 Å². The molecule has 41 heavy (non-hydrogen) atoms. The Morgan fingerprint density at radius 3 is 2.39 bits per heavy atom. The Morgan fingerprint density at radius 2 is 1.71 bits per heavy atom. The molecule has 224 valence electrons. The molecule has 1 saturated carbocycles. The van der Waals surface area contributed by atoms with Crippen LogP contribution in [0.5, 0.6) is 11.5 Å². The van der Waals surface area contributed by atoms with Crippen LogP contribution in [0.4, 0.5) is 28.0 Å². The second kappa shape index (κ2) is 11.7. The molecule has 5 rings (SSSR count). The number of rotatable bonds is 6. The SMILES string of the molecule is COc1ccc(C23CCC(NC(=O)Nc4cc(F)cc(C(F)(F)F)c4)CC2N(C2CCN(C)CC2)CC3)cc1OC. The molecule has 11 heteroatoms. The van der Waals surface area contributed by atoms with Crippen LogP contribution in [0.1, 0.15) is 49.7 Å². The van der Waals surface area contributed by atoms with Crippen LogP contribution >= 0.6 is 0 Å². The van der Waals surface area contributed by atoms with Crippen molar-refractivity contribution in [1.82, 2.24) is 15.1 Å². The van der Waals surface area contributed by atoms with Crippen molar-refractivity contribution in [2.45, 2.75) is 68.2 Å². The zero-order valence-corrected chi connectivity index (χ0v) is 23.7. The highest BCUT2D eigenvalue weighted by Crippen LogP contribution is 2.51. The summed E-state index contributed by atoms with van der Waals surface area (Å²) in [5, 5.41) is 5.38. The fourth-order valence-electron chi connectivity index (χ4n) is 7.14. The summed E-state index contributed by atoms with van der Waals surface area (Å²) < 4.78 is 64.4. The molecule has 2 aromatic carbocycles. The monoisotopic (exact) mass is 578 g/mol. The summed E-state index contributed by atoms with van der Waals surface area (Å²) in [5.41, 5.74) is -0.316. The van der Waals surface area contributed by atoms with E-state index >= 15 is 0 Å². The highest BCUT2D eigenvalue weighted by atomic mass is 19.4. The minimum Gasteiger partial charge on any atom is -0.493 e. The van der Waals surface area contributed by atoms with Crippen LogP contribution in [0.3, 0.4) is 0 Å². The molecule has 3 fully saturated rings. The molecule has 2 amide bonds. The van der Waals surface area contributed by atoms with Crippen molar-refractivity contribution in [3.05, 3.63) is 53.3 Å². The van der Waals surface area contributed by atoms with Gasteiger partial charge in [0.2, 0.25) is 0 Å². The first-order valence-electron chi connectivity index (χ1n) is 14.1. The summed E-state index contributed by atoms with van der Waals surface area (Å²) in [7, 11) is 5.39. The average Bonchev–Trinajstić information content (AvgIpc) is 3.32. The summed E-state index contributed by atoms with van der Waals surface area (Å²) in [6.07, 6.45) is 0.665. The van der Waals surface area contributed by atoms with Gasteiger partial charge in [-0.25, -0.2) is 9.18 Å². The number of ether oxygens (including phenoxy) is 2. The molecule has 0 aromatic heterocycles. The highest BCUT2D eigenvalue weighted by molar-refractivity contribution is 5.89. The summed E-state index contributed by atoms with van der Waals surface area (Å²) >= 11 is 0. The summed E-state index contributed by atoms with van der Waals surface area (Å²) in [5.74, 6) is 0.295. The third kappa shape index (κ3) is 6.11. The number of methoxy groups -OCH3 is 2. The number of fused-ring (bicyclic) bond motifs is 1. The lowest BCUT2D eigenvalue weighted by atomic mass is 9.65. The first kappa shape index (κ1) is 29.4. The quantitative estimate of drug-likeness (QED) is 0.435. The second-order valence-electron chi connectivity index (χ2n) is 11.6. The average molecular weight is 579 g/mol. The van der Waals surface area contributed by atoms with Gasteiger partial charge >= 0.3 is 12.2 Å². The summed E-state index contributed by atoms with van der Waals surface area (Å²) in [6.45, 7) is 3.03. The molecular weight excluding hydrogens is 540 g/mol. The number of amides is 2. The zero-order valence-electron chi connectivity index (χ0n) is 23.7. The fraction of sp³-hybridized carbons (Fsp3) is 0.567. The maximum Gasteiger partial charge on any atom is 0.416 e. The Labute approximate surface area is 238 Å². The summed E-state index contributed by atoms with van der Waals surface area (Å²) in [4.78, 5) is 17.9. The van der Waals surface area contributed by atoms with E-state index in [1.165, 1.54) is 5.56 Å². The number of nitrogens with zero attached hydrogens (tertiary/aromatic N) is 2. The number of likely N-dealkylation sites (tertiary alicyclic amines) is 2. The van der Waals surface area contributed by atoms with E-state index in [4.69, 9.17) is 9.47 Å². The van der Waals surface area contributed by atoms with Crippen LogP contribution in [-0.4, -0.2) is 74.9 Å². The number of hydrogen-bond acceptors (Lipinski definition) is 5. The standard InChI is InChI=1S/C30H38F4N4O3/c1-37-11-7-24(8-12-37)38-13-10-29(19-4-5-25(40-2)26(16-19)41-3)9-6-22(18-27(29)38)35-28(39)36-23-15-20(30(32,33)34)14-21(31)17-23/h4-5,14-17,22,24,27H,6-13,18H2,1-3H3,(H2,35,36,39). The Balaban J connectivity index is 1.36. The molecule has 3 unspecified atom stereocenters. The Morgan fingerprint density at radius 1 is 0.976 bits per heavy atom. The predicted molar refractivity (Wildman–Crippen MR) is 148 cm³/mol. The molecule has 3 aliphatic rings. The van der Waals surface area contributed by atoms with Crippen molar-refractivity contribution in [3.8, 4) is 11.5 Å². The van der Waals surface area contributed by atoms with E-state index in [1.54, 1.807) is 14.2 Å². The highest BCUT2D eigenvalue weighted by Gasteiger charge is 2.53. The molecular formula is C30H38F4N4O3. The first-order valence-corrected chi connectivity index (χ1v) is 14.1. The molecule has 7 nitrogen and oxygen atoms in total. The van der Waals surface area contributed by atoms with Crippen molar-refractivity contribution in [1.29, 1.82) is 0 Å². The van der Waals surface area contributed by atoms with Crippen LogP contribution in [-0.2, 0) is 11.6 Å². The van der Waals surface area contributed by atoms with E-state index in [-0.39, 0.29) is 23.2 Å². The lowest BCUT2D eigenvalue weighted by Crippen LogP contribution is -2.56. The van der Waals surface area contributed by atoms with Crippen LogP contribution < -0.4 is 20.1 Å². The van der Waals surface area contributed by atoms with Gasteiger partial charge in [0.1, 0.15) is 5.82 Å². The molecule has 0 bridgehead atoms. The molecule has 2 saturated heterocycles. The van der Waals surface area contributed by atoms with E-state index in [0.29, 0.717) is 36.4 Å². The number of benzene rings is 2. The number of anilines is 1. The van der Waals surface area contributed by atoms with Gasteiger partial charge in [0.05, 0.1) is 19.8 Å². The number of carbonyl (C=O) groups is 1. The molecule has 0 spiro atoms. The number of halogens is 4. The fourth-order valence-corrected chi connectivity index (χ4v) is 7.14. The van der Waals surface area contributed by atoms with Gasteiger partial charge in [0, 0.05) is 29.2 Å². The van der Waals surface area contributed by atoms with Gasteiger partial charge in [0.25, 0.3) is 0 Å². The molecule has 2 aromatic rings. The minimum atomic E-state index is -4.72. The number of hydrogen-bond donors (Lipinski definition) is 2. The van der Waals surface area contributed by atoms with E-state index < -0.39 is 23.6 Å². The maximum absolute atomic E-state index is 13.9. The molecule has 2 aliphatic heterocycles. The van der Waals surface area contributed by atoms with Crippen LogP contribution in [0.2, 0.25) is 0 Å². The van der Waals surface area contributed by atoms with Gasteiger partial charge < -0.3 is 25.0 Å². The van der Waals surface area contributed by atoms with Gasteiger partial charge in [-0.2, -0.15) is 13.2 Å². The third-order valence-corrected chi connectivity index (χ3v) is 9.23. The second-order valence-corrected chi connectivity index (χ2v) is 11.6. The van der Waals surface area contributed by atoms with E-state index in [0.717, 1.165) is 57.5 Å². The third-order valence-electron chi connectivity index (χ3n) is 9.23. The van der Waals surface area contributed by atoms with Crippen molar-refractivity contribution in [2.24, 2.45) is 0 Å². The van der Waals surface area contributed by atoms with Crippen molar-refractivity contribution in [3.63, 3.8) is 0 Å². The molecule has 2 N–H and O–H groups in total. The number of nitrogens with one attached hydrogen (secondary N) is 2. The molecule has 2 heterocycles. The molecule has 0 radical (unpaired) electrons. The van der Waals surface area contributed by atoms with Gasteiger partial charge in [0.15, 0.2) is 11.5 Å². The van der Waals surface area contributed by atoms with E-state index in [9.17, 15) is 22.4 Å². The lowest BCUT2D eigenvalue weighted by molar-refractivity contribution is -0.137. The largest absolute Gasteiger partial charge is 0.493 e. The normalized spacial score (nSPS) is 25.9. The van der Waals surface area contributed by atoms with Crippen LogP contribution in [0, 0.1) is 5.82 Å². The van der Waals surface area contributed by atoms with Gasteiger partial charge in [-0.05, 0) is 101 Å².